The summed E-state index contributed by atoms with van der Waals surface area (Å²) in [5.74, 6) is -4.41. The van der Waals surface area contributed by atoms with Crippen LogP contribution in [0.25, 0.3) is 0 Å². The zero-order valence-electron chi connectivity index (χ0n) is 9.53. The molecule has 0 aromatic heterocycles. The van der Waals surface area contributed by atoms with Crippen LogP contribution in [0, 0.1) is 11.8 Å². The molecule has 0 heterocycles. The second-order valence-corrected chi connectivity index (χ2v) is 5.73. The van der Waals surface area contributed by atoms with E-state index in [1.165, 1.54) is 13.8 Å². The third-order valence-electron chi connectivity index (χ3n) is 2.83. The summed E-state index contributed by atoms with van der Waals surface area (Å²) in [6.07, 6.45) is -0.537. The van der Waals surface area contributed by atoms with Crippen LogP contribution in [0.4, 0.5) is 0 Å². The van der Waals surface area contributed by atoms with Crippen LogP contribution >= 0.6 is 0 Å². The van der Waals surface area contributed by atoms with Crippen molar-refractivity contribution in [1.29, 1.82) is 0 Å². The number of carbonyl (C=O) groups is 2. The first-order chi connectivity index (χ1) is 7.57. The minimum atomic E-state index is -4.33. The number of carboxylic acids is 2. The molecule has 0 saturated heterocycles. The van der Waals surface area contributed by atoms with Gasteiger partial charge in [-0.05, 0) is 19.3 Å². The molecule has 0 aromatic rings. The molecular formula is C9H16O7S. The normalized spacial score (nSPS) is 17.1. The van der Waals surface area contributed by atoms with Crippen LogP contribution in [-0.4, -0.2) is 40.4 Å². The van der Waals surface area contributed by atoms with Crippen LogP contribution < -0.4 is 0 Å². The molecule has 0 saturated carbocycles. The molecule has 3 N–H and O–H groups in total. The van der Waals surface area contributed by atoms with E-state index in [-0.39, 0.29) is 12.8 Å². The smallest absolute Gasteiger partial charge is 0.306 e. The molecule has 3 unspecified atom stereocenters. The summed E-state index contributed by atoms with van der Waals surface area (Å²) >= 11 is 0. The Hall–Kier alpha value is -1.15. The Balaban J connectivity index is 4.83. The summed E-state index contributed by atoms with van der Waals surface area (Å²) in [5, 5.41) is 16.1. The first kappa shape index (κ1) is 15.9. The van der Waals surface area contributed by atoms with Gasteiger partial charge in [-0.25, -0.2) is 0 Å². The maximum Gasteiger partial charge on any atom is 0.306 e. The van der Waals surface area contributed by atoms with Gasteiger partial charge in [-0.1, -0.05) is 6.92 Å². The van der Waals surface area contributed by atoms with Crippen molar-refractivity contribution in [1.82, 2.24) is 0 Å². The molecule has 100 valence electrons. The van der Waals surface area contributed by atoms with E-state index in [1.807, 2.05) is 0 Å². The monoisotopic (exact) mass is 268 g/mol. The predicted octanol–water partition coefficient (Wildman–Crippen LogP) is 0.464. The Morgan fingerprint density at radius 2 is 1.65 bits per heavy atom. The summed E-state index contributed by atoms with van der Waals surface area (Å²) in [4.78, 5) is 21.3. The van der Waals surface area contributed by atoms with Gasteiger partial charge in [-0.3, -0.25) is 14.1 Å². The fraction of sp³-hybridized carbons (Fsp3) is 0.778. The van der Waals surface area contributed by atoms with E-state index >= 15 is 0 Å². The fourth-order valence-electron chi connectivity index (χ4n) is 1.49. The van der Waals surface area contributed by atoms with Crippen molar-refractivity contribution in [2.75, 3.05) is 0 Å². The van der Waals surface area contributed by atoms with Crippen molar-refractivity contribution < 1.29 is 32.8 Å². The quantitative estimate of drug-likeness (QED) is 0.572. The average Bonchev–Trinajstić information content (AvgIpc) is 2.13. The third-order valence-corrected chi connectivity index (χ3v) is 4.20. The number of aliphatic carboxylic acids is 2. The molecule has 17 heavy (non-hydrogen) atoms. The SMILES string of the molecule is CC(C(CCC(=O)O)C(=O)O)C(C)S(=O)(=O)O. The second kappa shape index (κ2) is 5.97. The van der Waals surface area contributed by atoms with Crippen molar-refractivity contribution in [3.05, 3.63) is 0 Å². The number of hydrogen-bond donors (Lipinski definition) is 3. The zero-order chi connectivity index (χ0) is 13.8. The molecule has 0 spiro atoms. The molecule has 0 rings (SSSR count). The molecule has 0 fully saturated rings. The fourth-order valence-corrected chi connectivity index (χ4v) is 2.22. The Kier molecular flexibility index (Phi) is 5.56. The van der Waals surface area contributed by atoms with Crippen LogP contribution in [0.2, 0.25) is 0 Å². The van der Waals surface area contributed by atoms with Crippen LogP contribution in [-0.2, 0) is 19.7 Å². The highest BCUT2D eigenvalue weighted by molar-refractivity contribution is 7.86. The zero-order valence-corrected chi connectivity index (χ0v) is 10.3. The van der Waals surface area contributed by atoms with Crippen molar-refractivity contribution in [3.8, 4) is 0 Å². The first-order valence-corrected chi connectivity index (χ1v) is 6.48. The van der Waals surface area contributed by atoms with Gasteiger partial charge in [0.2, 0.25) is 0 Å². The van der Waals surface area contributed by atoms with Crippen molar-refractivity contribution in [3.63, 3.8) is 0 Å². The highest BCUT2D eigenvalue weighted by Gasteiger charge is 2.34. The van der Waals surface area contributed by atoms with Gasteiger partial charge in [0.25, 0.3) is 10.1 Å². The highest BCUT2D eigenvalue weighted by Crippen LogP contribution is 2.24. The molecule has 0 aliphatic heterocycles. The summed E-state index contributed by atoms with van der Waals surface area (Å²) in [6.45, 7) is 2.55. The molecular weight excluding hydrogens is 252 g/mol. The Bertz CT molecular complexity index is 386. The minimum Gasteiger partial charge on any atom is -0.481 e. The molecule has 8 heteroatoms. The summed E-state index contributed by atoms with van der Waals surface area (Å²) in [7, 11) is -4.33. The lowest BCUT2D eigenvalue weighted by Crippen LogP contribution is -2.34. The van der Waals surface area contributed by atoms with Crippen molar-refractivity contribution in [2.24, 2.45) is 11.8 Å². The third kappa shape index (κ3) is 5.14. The maximum absolute atomic E-state index is 10.9. The summed E-state index contributed by atoms with van der Waals surface area (Å²) < 4.78 is 30.6. The van der Waals surface area contributed by atoms with Crippen LogP contribution in [0.15, 0.2) is 0 Å². The molecule has 0 aliphatic carbocycles. The van der Waals surface area contributed by atoms with E-state index in [2.05, 4.69) is 0 Å². The standard InChI is InChI=1S/C9H16O7S/c1-5(6(2)17(14,15)16)7(9(12)13)3-4-8(10)11/h5-7H,3-4H2,1-2H3,(H,10,11)(H,12,13)(H,14,15,16). The van der Waals surface area contributed by atoms with E-state index in [4.69, 9.17) is 14.8 Å². The van der Waals surface area contributed by atoms with E-state index in [9.17, 15) is 18.0 Å². The predicted molar refractivity (Wildman–Crippen MR) is 58.2 cm³/mol. The number of hydrogen-bond acceptors (Lipinski definition) is 4. The van der Waals surface area contributed by atoms with Gasteiger partial charge >= 0.3 is 11.9 Å². The van der Waals surface area contributed by atoms with Gasteiger partial charge in [0.05, 0.1) is 11.2 Å². The lowest BCUT2D eigenvalue weighted by Gasteiger charge is -2.23. The van der Waals surface area contributed by atoms with Crippen LogP contribution in [0.5, 0.6) is 0 Å². The van der Waals surface area contributed by atoms with Gasteiger partial charge < -0.3 is 10.2 Å². The van der Waals surface area contributed by atoms with E-state index in [0.29, 0.717) is 0 Å². The minimum absolute atomic E-state index is 0.175. The summed E-state index contributed by atoms with van der Waals surface area (Å²) in [6, 6.07) is 0. The average molecular weight is 268 g/mol. The number of rotatable bonds is 7. The van der Waals surface area contributed by atoms with Gasteiger partial charge in [-0.2, -0.15) is 8.42 Å². The van der Waals surface area contributed by atoms with E-state index < -0.39 is 39.1 Å². The topological polar surface area (TPSA) is 129 Å². The van der Waals surface area contributed by atoms with Gasteiger partial charge in [-0.15, -0.1) is 0 Å². The molecule has 0 bridgehead atoms. The van der Waals surface area contributed by atoms with Gasteiger partial charge in [0.1, 0.15) is 0 Å². The number of carboxylic acid groups (broad SMARTS) is 2. The Morgan fingerprint density at radius 3 is 1.94 bits per heavy atom. The Labute approximate surface area is 99.2 Å². The molecule has 3 atom stereocenters. The van der Waals surface area contributed by atoms with Gasteiger partial charge in [0.15, 0.2) is 0 Å². The first-order valence-electron chi connectivity index (χ1n) is 4.98. The Morgan fingerprint density at radius 1 is 1.18 bits per heavy atom. The van der Waals surface area contributed by atoms with Gasteiger partial charge in [0, 0.05) is 6.42 Å². The second-order valence-electron chi connectivity index (χ2n) is 3.96. The molecule has 7 nitrogen and oxygen atoms in total. The summed E-state index contributed by atoms with van der Waals surface area (Å²) in [5.41, 5.74) is 0. The van der Waals surface area contributed by atoms with Crippen LogP contribution in [0.1, 0.15) is 26.7 Å². The van der Waals surface area contributed by atoms with E-state index in [0.717, 1.165) is 0 Å². The van der Waals surface area contributed by atoms with Crippen molar-refractivity contribution >= 4 is 22.1 Å². The van der Waals surface area contributed by atoms with Crippen molar-refractivity contribution in [2.45, 2.75) is 31.9 Å². The van der Waals surface area contributed by atoms with Crippen LogP contribution in [0.3, 0.4) is 0 Å². The molecule has 0 amide bonds. The molecule has 0 radical (unpaired) electrons. The highest BCUT2D eigenvalue weighted by atomic mass is 32.2. The lowest BCUT2D eigenvalue weighted by molar-refractivity contribution is -0.144. The maximum atomic E-state index is 10.9. The molecule has 0 aliphatic rings. The largest absolute Gasteiger partial charge is 0.481 e. The molecule has 0 aromatic carbocycles. The van der Waals surface area contributed by atoms with E-state index in [1.54, 1.807) is 0 Å². The lowest BCUT2D eigenvalue weighted by atomic mass is 9.87.